The van der Waals surface area contributed by atoms with Gasteiger partial charge in [-0.3, -0.25) is 9.35 Å². The lowest BCUT2D eigenvalue weighted by molar-refractivity contribution is -0.274. The van der Waals surface area contributed by atoms with Crippen molar-refractivity contribution < 1.29 is 44.8 Å². The smallest absolute Gasteiger partial charge is 0.457 e. The number of halogens is 4. The SMILES string of the molecule is Cc1ccc(C)c(C(=O)c2ccc(Oc3ccc(OC(F)(F)C(F)(F)S(=O)(=O)O)cc3)cc2)c1. The Morgan fingerprint density at radius 2 is 1.32 bits per heavy atom. The van der Waals surface area contributed by atoms with Gasteiger partial charge in [0.15, 0.2) is 5.78 Å². The largest absolute Gasteiger partial charge is 0.483 e. The molecule has 3 rings (SSSR count). The van der Waals surface area contributed by atoms with Gasteiger partial charge in [-0.15, -0.1) is 0 Å². The maximum Gasteiger partial charge on any atom is 0.483 e. The average molecular weight is 498 g/mol. The van der Waals surface area contributed by atoms with Gasteiger partial charge in [-0.25, -0.2) is 0 Å². The van der Waals surface area contributed by atoms with Gasteiger partial charge in [-0.1, -0.05) is 17.7 Å². The Labute approximate surface area is 192 Å². The van der Waals surface area contributed by atoms with E-state index in [1.165, 1.54) is 12.1 Å². The van der Waals surface area contributed by atoms with Crippen molar-refractivity contribution in [3.63, 3.8) is 0 Å². The van der Waals surface area contributed by atoms with Gasteiger partial charge < -0.3 is 9.47 Å². The van der Waals surface area contributed by atoms with E-state index in [1.807, 2.05) is 26.0 Å². The molecule has 0 fully saturated rings. The normalized spacial score (nSPS) is 12.3. The van der Waals surface area contributed by atoms with Crippen LogP contribution in [-0.2, 0) is 10.1 Å². The highest BCUT2D eigenvalue weighted by Gasteiger charge is 2.69. The predicted molar refractivity (Wildman–Crippen MR) is 114 cm³/mol. The lowest BCUT2D eigenvalue weighted by Gasteiger charge is -2.23. The molecule has 0 aliphatic heterocycles. The quantitative estimate of drug-likeness (QED) is 0.241. The second-order valence-electron chi connectivity index (χ2n) is 7.36. The standard InChI is InChI=1S/C23H18F4O6S/c1-14-3-4-15(2)20(13-14)21(28)16-5-7-17(8-6-16)32-18-9-11-19(12-10-18)33-22(24,25)23(26,27)34(29,30)31/h3-13H,1-2H3,(H,29,30,31). The van der Waals surface area contributed by atoms with Crippen LogP contribution in [0.1, 0.15) is 27.0 Å². The molecule has 0 saturated carbocycles. The van der Waals surface area contributed by atoms with Crippen molar-refractivity contribution in [2.75, 3.05) is 0 Å². The van der Waals surface area contributed by atoms with E-state index in [-0.39, 0.29) is 11.5 Å². The van der Waals surface area contributed by atoms with Crippen LogP contribution in [0.5, 0.6) is 17.2 Å². The van der Waals surface area contributed by atoms with Crippen LogP contribution in [0.3, 0.4) is 0 Å². The van der Waals surface area contributed by atoms with Gasteiger partial charge in [0.25, 0.3) is 0 Å². The number of carbonyl (C=O) groups is 1. The third kappa shape index (κ3) is 5.20. The first kappa shape index (κ1) is 25.2. The van der Waals surface area contributed by atoms with E-state index in [9.17, 15) is 30.8 Å². The Kier molecular flexibility index (Phi) is 6.72. The van der Waals surface area contributed by atoms with Crippen molar-refractivity contribution in [1.29, 1.82) is 0 Å². The molecule has 3 aromatic rings. The highest BCUT2D eigenvalue weighted by molar-refractivity contribution is 7.86. The van der Waals surface area contributed by atoms with E-state index in [1.54, 1.807) is 18.2 Å². The number of carbonyl (C=O) groups excluding carboxylic acids is 1. The van der Waals surface area contributed by atoms with Crippen LogP contribution in [0, 0.1) is 13.8 Å². The zero-order valence-corrected chi connectivity index (χ0v) is 18.6. The van der Waals surface area contributed by atoms with Crippen molar-refractivity contribution in [1.82, 2.24) is 0 Å². The molecular formula is C23H18F4O6S. The zero-order valence-electron chi connectivity index (χ0n) is 17.8. The third-order valence-corrected chi connectivity index (χ3v) is 5.61. The summed E-state index contributed by atoms with van der Waals surface area (Å²) < 4.78 is 92.3. The van der Waals surface area contributed by atoms with E-state index in [0.717, 1.165) is 35.4 Å². The Morgan fingerprint density at radius 3 is 1.85 bits per heavy atom. The molecule has 0 aliphatic rings. The van der Waals surface area contributed by atoms with Gasteiger partial charge in [0.2, 0.25) is 0 Å². The van der Waals surface area contributed by atoms with Crippen LogP contribution >= 0.6 is 0 Å². The molecule has 0 bridgehead atoms. The highest BCUT2D eigenvalue weighted by atomic mass is 32.2. The Morgan fingerprint density at radius 1 is 0.824 bits per heavy atom. The number of ether oxygens (including phenoxy) is 2. The molecule has 0 atom stereocenters. The van der Waals surface area contributed by atoms with E-state index in [2.05, 4.69) is 4.74 Å². The first-order chi connectivity index (χ1) is 15.7. The molecule has 180 valence electrons. The molecule has 0 aliphatic carbocycles. The summed E-state index contributed by atoms with van der Waals surface area (Å²) in [6.07, 6.45) is -5.53. The molecule has 1 N–H and O–H groups in total. The second kappa shape index (κ2) is 9.07. The topological polar surface area (TPSA) is 89.9 Å². The summed E-state index contributed by atoms with van der Waals surface area (Å²) in [5.74, 6) is -0.549. The van der Waals surface area contributed by atoms with Gasteiger partial charge in [0, 0.05) is 11.1 Å². The van der Waals surface area contributed by atoms with Crippen molar-refractivity contribution in [2.45, 2.75) is 25.2 Å². The molecule has 0 unspecified atom stereocenters. The number of ketones is 1. The first-order valence-corrected chi connectivity index (χ1v) is 11.1. The van der Waals surface area contributed by atoms with Crippen LogP contribution in [0.25, 0.3) is 0 Å². The minimum atomic E-state index is -6.42. The minimum absolute atomic E-state index is 0.116. The number of hydrogen-bond donors (Lipinski definition) is 1. The molecule has 0 saturated heterocycles. The number of rotatable bonds is 8. The van der Waals surface area contributed by atoms with Gasteiger partial charge in [-0.05, 0) is 74.0 Å². The molecular weight excluding hydrogens is 480 g/mol. The number of hydrogen-bond acceptors (Lipinski definition) is 5. The number of alkyl halides is 4. The number of aryl methyl sites for hydroxylation is 2. The molecule has 0 heterocycles. The average Bonchev–Trinajstić information content (AvgIpc) is 2.76. The van der Waals surface area contributed by atoms with Crippen LogP contribution < -0.4 is 9.47 Å². The Hall–Kier alpha value is -3.44. The van der Waals surface area contributed by atoms with Crippen LogP contribution in [0.2, 0.25) is 0 Å². The maximum absolute atomic E-state index is 13.5. The Bertz CT molecular complexity index is 1300. The van der Waals surface area contributed by atoms with Crippen LogP contribution in [-0.4, -0.2) is 30.1 Å². The summed E-state index contributed by atoms with van der Waals surface area (Å²) in [4.78, 5) is 12.8. The van der Waals surface area contributed by atoms with Crippen molar-refractivity contribution >= 4 is 15.9 Å². The van der Waals surface area contributed by atoms with Gasteiger partial charge in [-0.2, -0.15) is 26.0 Å². The van der Waals surface area contributed by atoms with Crippen LogP contribution in [0.15, 0.2) is 66.7 Å². The fourth-order valence-corrected chi connectivity index (χ4v) is 3.22. The van der Waals surface area contributed by atoms with Gasteiger partial charge in [0.1, 0.15) is 17.2 Å². The summed E-state index contributed by atoms with van der Waals surface area (Å²) in [5.41, 5.74) is 2.77. The second-order valence-corrected chi connectivity index (χ2v) is 8.82. The fourth-order valence-electron chi connectivity index (χ4n) is 2.88. The summed E-state index contributed by atoms with van der Waals surface area (Å²) in [7, 11) is -6.42. The summed E-state index contributed by atoms with van der Waals surface area (Å²) in [6.45, 7) is 3.71. The monoisotopic (exact) mass is 498 g/mol. The minimum Gasteiger partial charge on any atom is -0.457 e. The van der Waals surface area contributed by atoms with Crippen molar-refractivity contribution in [2.24, 2.45) is 0 Å². The van der Waals surface area contributed by atoms with Gasteiger partial charge in [0.05, 0.1) is 0 Å². The predicted octanol–water partition coefficient (Wildman–Crippen LogP) is 5.78. The van der Waals surface area contributed by atoms with E-state index in [4.69, 9.17) is 9.29 Å². The molecule has 6 nitrogen and oxygen atoms in total. The van der Waals surface area contributed by atoms with Crippen molar-refractivity contribution in [3.05, 3.63) is 89.0 Å². The van der Waals surface area contributed by atoms with Crippen LogP contribution in [0.4, 0.5) is 17.6 Å². The number of benzene rings is 3. The highest BCUT2D eigenvalue weighted by Crippen LogP contribution is 2.40. The molecule has 0 aromatic heterocycles. The molecule has 0 spiro atoms. The van der Waals surface area contributed by atoms with E-state index in [0.29, 0.717) is 16.9 Å². The zero-order chi connectivity index (χ0) is 25.3. The van der Waals surface area contributed by atoms with E-state index < -0.39 is 27.2 Å². The lowest BCUT2D eigenvalue weighted by Crippen LogP contribution is -2.50. The third-order valence-electron chi connectivity index (χ3n) is 4.72. The summed E-state index contributed by atoms with van der Waals surface area (Å²) >= 11 is 0. The van der Waals surface area contributed by atoms with Gasteiger partial charge >= 0.3 is 21.5 Å². The Balaban J connectivity index is 1.70. The maximum atomic E-state index is 13.5. The molecule has 3 aromatic carbocycles. The van der Waals surface area contributed by atoms with Crippen molar-refractivity contribution in [3.8, 4) is 17.2 Å². The molecule has 0 radical (unpaired) electrons. The lowest BCUT2D eigenvalue weighted by atomic mass is 9.97. The fraction of sp³-hybridized carbons (Fsp3) is 0.174. The summed E-state index contributed by atoms with van der Waals surface area (Å²) in [6, 6.07) is 15.6. The molecule has 34 heavy (non-hydrogen) atoms. The first-order valence-electron chi connectivity index (χ1n) is 9.63. The molecule has 0 amide bonds. The summed E-state index contributed by atoms with van der Waals surface area (Å²) in [5, 5.41) is -5.86. The molecule has 11 heteroatoms. The van der Waals surface area contributed by atoms with E-state index >= 15 is 0 Å².